The molecule has 0 radical (unpaired) electrons. The van der Waals surface area contributed by atoms with Gasteiger partial charge in [0.25, 0.3) is 0 Å². The largest absolute Gasteiger partial charge is 0.496 e. The van der Waals surface area contributed by atoms with Gasteiger partial charge >= 0.3 is 0 Å². The fraction of sp³-hybridized carbons (Fsp3) is 0.200. The number of methoxy groups -OCH3 is 1. The van der Waals surface area contributed by atoms with Crippen molar-refractivity contribution in [2.24, 2.45) is 0 Å². The SMILES string of the molecule is C#C[C@@H](O)c1ccccc1OC. The van der Waals surface area contributed by atoms with E-state index in [1.54, 1.807) is 25.3 Å². The molecule has 0 amide bonds. The average molecular weight is 162 g/mol. The summed E-state index contributed by atoms with van der Waals surface area (Å²) < 4.78 is 5.01. The van der Waals surface area contributed by atoms with Gasteiger partial charge in [-0.25, -0.2) is 0 Å². The molecule has 0 aliphatic carbocycles. The maximum atomic E-state index is 9.33. The molecule has 0 unspecified atom stereocenters. The molecule has 0 heterocycles. The van der Waals surface area contributed by atoms with Crippen molar-refractivity contribution in [1.29, 1.82) is 0 Å². The predicted octanol–water partition coefficient (Wildman–Crippen LogP) is 1.36. The van der Waals surface area contributed by atoms with Crippen molar-refractivity contribution in [3.05, 3.63) is 29.8 Å². The van der Waals surface area contributed by atoms with Crippen LogP contribution in [-0.2, 0) is 0 Å². The summed E-state index contributed by atoms with van der Waals surface area (Å²) in [4.78, 5) is 0. The second-order valence-electron chi connectivity index (χ2n) is 2.31. The van der Waals surface area contributed by atoms with E-state index in [-0.39, 0.29) is 0 Å². The van der Waals surface area contributed by atoms with Crippen molar-refractivity contribution in [2.75, 3.05) is 7.11 Å². The number of hydrogen-bond acceptors (Lipinski definition) is 2. The van der Waals surface area contributed by atoms with Gasteiger partial charge in [-0.1, -0.05) is 24.1 Å². The molecule has 62 valence electrons. The first kappa shape index (κ1) is 8.63. The zero-order valence-electron chi connectivity index (χ0n) is 6.82. The lowest BCUT2D eigenvalue weighted by molar-refractivity contribution is 0.232. The molecule has 0 fully saturated rings. The molecule has 2 nitrogen and oxygen atoms in total. The Hall–Kier alpha value is -1.46. The van der Waals surface area contributed by atoms with Gasteiger partial charge in [0.2, 0.25) is 0 Å². The summed E-state index contributed by atoms with van der Waals surface area (Å²) in [5.41, 5.74) is 0.627. The number of benzene rings is 1. The molecule has 1 aromatic rings. The van der Waals surface area contributed by atoms with Gasteiger partial charge in [-0.05, 0) is 6.07 Å². The molecule has 1 atom stereocenters. The lowest BCUT2D eigenvalue weighted by Gasteiger charge is -2.08. The standard InChI is InChI=1S/C10H10O2/c1-3-9(11)8-6-4-5-7-10(8)12-2/h1,4-7,9,11H,2H3/t9-/m1/s1. The van der Waals surface area contributed by atoms with Gasteiger partial charge in [-0.3, -0.25) is 0 Å². The molecular weight excluding hydrogens is 152 g/mol. The smallest absolute Gasteiger partial charge is 0.143 e. The van der Waals surface area contributed by atoms with Gasteiger partial charge in [0.05, 0.1) is 7.11 Å². The molecule has 0 saturated carbocycles. The van der Waals surface area contributed by atoms with Gasteiger partial charge < -0.3 is 9.84 Å². The number of rotatable bonds is 2. The van der Waals surface area contributed by atoms with Crippen LogP contribution in [-0.4, -0.2) is 12.2 Å². The summed E-state index contributed by atoms with van der Waals surface area (Å²) in [5, 5.41) is 9.33. The highest BCUT2D eigenvalue weighted by atomic mass is 16.5. The van der Waals surface area contributed by atoms with E-state index in [1.165, 1.54) is 0 Å². The maximum absolute atomic E-state index is 9.33. The summed E-state index contributed by atoms with van der Waals surface area (Å²) in [5.74, 6) is 2.85. The minimum Gasteiger partial charge on any atom is -0.496 e. The van der Waals surface area contributed by atoms with Crippen molar-refractivity contribution < 1.29 is 9.84 Å². The third-order valence-corrected chi connectivity index (χ3v) is 1.59. The summed E-state index contributed by atoms with van der Waals surface area (Å²) in [7, 11) is 1.54. The van der Waals surface area contributed by atoms with Gasteiger partial charge in [0.15, 0.2) is 0 Å². The quantitative estimate of drug-likeness (QED) is 0.665. The van der Waals surface area contributed by atoms with Crippen LogP contribution in [0.1, 0.15) is 11.7 Å². The summed E-state index contributed by atoms with van der Waals surface area (Å²) in [6.07, 6.45) is 4.18. The lowest BCUT2D eigenvalue weighted by Crippen LogP contribution is -1.97. The zero-order valence-corrected chi connectivity index (χ0v) is 6.82. The molecule has 0 aromatic heterocycles. The molecule has 1 N–H and O–H groups in total. The van der Waals surface area contributed by atoms with E-state index in [9.17, 15) is 5.11 Å². The van der Waals surface area contributed by atoms with Crippen molar-refractivity contribution in [3.63, 3.8) is 0 Å². The number of aliphatic hydroxyl groups excluding tert-OH is 1. The Morgan fingerprint density at radius 1 is 1.50 bits per heavy atom. The second-order valence-corrected chi connectivity index (χ2v) is 2.31. The Morgan fingerprint density at radius 3 is 2.75 bits per heavy atom. The van der Waals surface area contributed by atoms with Crippen LogP contribution < -0.4 is 4.74 Å². The topological polar surface area (TPSA) is 29.5 Å². The Bertz CT molecular complexity index is 299. The number of ether oxygens (including phenoxy) is 1. The second kappa shape index (κ2) is 3.80. The summed E-state index contributed by atoms with van der Waals surface area (Å²) in [6.45, 7) is 0. The van der Waals surface area contributed by atoms with Crippen molar-refractivity contribution >= 4 is 0 Å². The van der Waals surface area contributed by atoms with Crippen LogP contribution in [0.4, 0.5) is 0 Å². The molecule has 0 aliphatic rings. The number of aliphatic hydroxyl groups is 1. The van der Waals surface area contributed by atoms with E-state index in [0.717, 1.165) is 0 Å². The third kappa shape index (κ3) is 1.58. The predicted molar refractivity (Wildman–Crippen MR) is 46.8 cm³/mol. The lowest BCUT2D eigenvalue weighted by atomic mass is 10.1. The van der Waals surface area contributed by atoms with Crippen molar-refractivity contribution in [1.82, 2.24) is 0 Å². The first-order valence-corrected chi connectivity index (χ1v) is 3.56. The van der Waals surface area contributed by atoms with Gasteiger partial charge in [0, 0.05) is 5.56 Å². The van der Waals surface area contributed by atoms with Crippen LogP contribution in [0.15, 0.2) is 24.3 Å². The first-order chi connectivity index (χ1) is 5.79. The molecule has 0 spiro atoms. The molecule has 0 saturated heterocycles. The summed E-state index contributed by atoms with van der Waals surface area (Å²) in [6, 6.07) is 7.13. The first-order valence-electron chi connectivity index (χ1n) is 3.56. The Morgan fingerprint density at radius 2 is 2.17 bits per heavy atom. The van der Waals surface area contributed by atoms with E-state index in [4.69, 9.17) is 11.2 Å². The fourth-order valence-electron chi connectivity index (χ4n) is 0.982. The van der Waals surface area contributed by atoms with Crippen LogP contribution in [0.5, 0.6) is 5.75 Å². The van der Waals surface area contributed by atoms with Crippen LogP contribution >= 0.6 is 0 Å². The monoisotopic (exact) mass is 162 g/mol. The molecule has 0 aliphatic heterocycles. The highest BCUT2D eigenvalue weighted by Gasteiger charge is 2.08. The highest BCUT2D eigenvalue weighted by Crippen LogP contribution is 2.23. The normalized spacial score (nSPS) is 11.8. The van der Waals surface area contributed by atoms with Crippen molar-refractivity contribution in [3.8, 4) is 18.1 Å². The molecule has 1 aromatic carbocycles. The van der Waals surface area contributed by atoms with E-state index in [0.29, 0.717) is 11.3 Å². The van der Waals surface area contributed by atoms with E-state index < -0.39 is 6.10 Å². The van der Waals surface area contributed by atoms with Gasteiger partial charge in [-0.15, -0.1) is 6.42 Å². The van der Waals surface area contributed by atoms with Crippen molar-refractivity contribution in [2.45, 2.75) is 6.10 Å². The number of para-hydroxylation sites is 1. The summed E-state index contributed by atoms with van der Waals surface area (Å²) >= 11 is 0. The molecule has 12 heavy (non-hydrogen) atoms. The number of terminal acetylenes is 1. The number of hydrogen-bond donors (Lipinski definition) is 1. The van der Waals surface area contributed by atoms with E-state index in [1.807, 2.05) is 6.07 Å². The van der Waals surface area contributed by atoms with Crippen LogP contribution in [0.2, 0.25) is 0 Å². The van der Waals surface area contributed by atoms with Crippen LogP contribution in [0, 0.1) is 12.3 Å². The van der Waals surface area contributed by atoms with Crippen LogP contribution in [0.25, 0.3) is 0 Å². The minimum atomic E-state index is -0.888. The molecule has 0 bridgehead atoms. The maximum Gasteiger partial charge on any atom is 0.143 e. The highest BCUT2D eigenvalue weighted by molar-refractivity contribution is 5.37. The van der Waals surface area contributed by atoms with E-state index >= 15 is 0 Å². The molecular formula is C10H10O2. The van der Waals surface area contributed by atoms with Gasteiger partial charge in [0.1, 0.15) is 11.9 Å². The average Bonchev–Trinajstić information content (AvgIpc) is 2.16. The molecule has 1 rings (SSSR count). The Balaban J connectivity index is 3.06. The fourth-order valence-corrected chi connectivity index (χ4v) is 0.982. The minimum absolute atomic E-state index is 0.614. The Labute approximate surface area is 71.8 Å². The molecule has 2 heteroatoms. The third-order valence-electron chi connectivity index (χ3n) is 1.59. The van der Waals surface area contributed by atoms with Gasteiger partial charge in [-0.2, -0.15) is 0 Å². The van der Waals surface area contributed by atoms with E-state index in [2.05, 4.69) is 5.92 Å². The van der Waals surface area contributed by atoms with Crippen LogP contribution in [0.3, 0.4) is 0 Å². The zero-order chi connectivity index (χ0) is 8.97. The Kier molecular flexibility index (Phi) is 2.73.